The van der Waals surface area contributed by atoms with E-state index in [4.69, 9.17) is 0 Å². The first-order chi connectivity index (χ1) is 9.58. The Labute approximate surface area is 119 Å². The summed E-state index contributed by atoms with van der Waals surface area (Å²) in [6, 6.07) is 4.84. The highest BCUT2D eigenvalue weighted by molar-refractivity contribution is 7.89. The predicted molar refractivity (Wildman–Crippen MR) is 75.5 cm³/mol. The van der Waals surface area contributed by atoms with Crippen molar-refractivity contribution in [3.63, 3.8) is 0 Å². The molecule has 7 heteroatoms. The van der Waals surface area contributed by atoms with E-state index in [2.05, 4.69) is 14.9 Å². The molecule has 0 saturated carbocycles. The normalized spacial score (nSPS) is 17.2. The Morgan fingerprint density at radius 3 is 2.50 bits per heavy atom. The summed E-state index contributed by atoms with van der Waals surface area (Å²) in [5.41, 5.74) is 0. The first-order valence-corrected chi connectivity index (χ1v) is 8.24. The van der Waals surface area contributed by atoms with E-state index in [1.807, 2.05) is 0 Å². The van der Waals surface area contributed by atoms with Gasteiger partial charge in [-0.2, -0.15) is 0 Å². The molecular formula is C13H20FN3O2S. The lowest BCUT2D eigenvalue weighted by Crippen LogP contribution is -2.44. The number of sulfonamides is 1. The van der Waals surface area contributed by atoms with Gasteiger partial charge in [0.2, 0.25) is 10.0 Å². The zero-order valence-corrected chi connectivity index (χ0v) is 12.1. The zero-order chi connectivity index (χ0) is 14.4. The maximum Gasteiger partial charge on any atom is 0.240 e. The molecule has 112 valence electrons. The van der Waals surface area contributed by atoms with Crippen LogP contribution in [-0.2, 0) is 10.0 Å². The molecule has 0 spiro atoms. The Kier molecular flexibility index (Phi) is 5.47. The molecule has 1 aromatic carbocycles. The number of nitrogens with one attached hydrogen (secondary N) is 2. The lowest BCUT2D eigenvalue weighted by molar-refractivity contribution is 0.239. The number of hydrogen-bond donors (Lipinski definition) is 2. The Hall–Kier alpha value is -1.02. The summed E-state index contributed by atoms with van der Waals surface area (Å²) >= 11 is 0. The van der Waals surface area contributed by atoms with Crippen LogP contribution >= 0.6 is 0 Å². The molecule has 0 amide bonds. The highest BCUT2D eigenvalue weighted by Crippen LogP contribution is 2.09. The van der Waals surface area contributed by atoms with Crippen LogP contribution in [0, 0.1) is 5.82 Å². The van der Waals surface area contributed by atoms with Gasteiger partial charge in [0, 0.05) is 32.7 Å². The maximum absolute atomic E-state index is 12.8. The third kappa shape index (κ3) is 4.52. The zero-order valence-electron chi connectivity index (χ0n) is 11.3. The number of hydrogen-bond acceptors (Lipinski definition) is 4. The predicted octanol–water partition coefficient (Wildman–Crippen LogP) is 0.399. The van der Waals surface area contributed by atoms with Crippen molar-refractivity contribution in [1.82, 2.24) is 14.9 Å². The van der Waals surface area contributed by atoms with Crippen LogP contribution in [0.5, 0.6) is 0 Å². The average Bonchev–Trinajstić information content (AvgIpc) is 2.45. The molecule has 1 fully saturated rings. The molecule has 1 heterocycles. The Morgan fingerprint density at radius 2 is 1.85 bits per heavy atom. The van der Waals surface area contributed by atoms with Gasteiger partial charge in [-0.05, 0) is 37.2 Å². The van der Waals surface area contributed by atoms with Gasteiger partial charge in [0.15, 0.2) is 0 Å². The van der Waals surface area contributed by atoms with Crippen molar-refractivity contribution >= 4 is 10.0 Å². The summed E-state index contributed by atoms with van der Waals surface area (Å²) in [7, 11) is -3.53. The molecule has 20 heavy (non-hydrogen) atoms. The fourth-order valence-corrected chi connectivity index (χ4v) is 3.22. The SMILES string of the molecule is O=S(=O)(NCCCN1CCNCC1)c1ccc(F)cc1. The molecule has 1 aromatic rings. The molecule has 5 nitrogen and oxygen atoms in total. The number of halogens is 1. The van der Waals surface area contributed by atoms with Crippen LogP contribution in [0.25, 0.3) is 0 Å². The van der Waals surface area contributed by atoms with Gasteiger partial charge in [-0.1, -0.05) is 0 Å². The second kappa shape index (κ2) is 7.12. The van der Waals surface area contributed by atoms with Crippen molar-refractivity contribution in [2.45, 2.75) is 11.3 Å². The van der Waals surface area contributed by atoms with E-state index in [-0.39, 0.29) is 4.90 Å². The van der Waals surface area contributed by atoms with E-state index in [1.165, 1.54) is 12.1 Å². The fraction of sp³-hybridized carbons (Fsp3) is 0.538. The van der Waals surface area contributed by atoms with Crippen LogP contribution in [0.1, 0.15) is 6.42 Å². The van der Waals surface area contributed by atoms with Crippen LogP contribution in [-0.4, -0.2) is 52.6 Å². The highest BCUT2D eigenvalue weighted by Gasteiger charge is 2.14. The van der Waals surface area contributed by atoms with Crippen molar-refractivity contribution in [3.05, 3.63) is 30.1 Å². The second-order valence-corrected chi connectivity index (χ2v) is 6.56. The minimum atomic E-state index is -3.53. The van der Waals surface area contributed by atoms with E-state index in [0.717, 1.165) is 51.3 Å². The molecule has 1 saturated heterocycles. The number of nitrogens with zero attached hydrogens (tertiary/aromatic N) is 1. The van der Waals surface area contributed by atoms with Crippen molar-refractivity contribution in [3.8, 4) is 0 Å². The van der Waals surface area contributed by atoms with E-state index < -0.39 is 15.8 Å². The third-order valence-corrected chi connectivity index (χ3v) is 4.75. The van der Waals surface area contributed by atoms with Gasteiger partial charge in [-0.15, -0.1) is 0 Å². The van der Waals surface area contributed by atoms with Gasteiger partial charge in [-0.3, -0.25) is 0 Å². The number of benzene rings is 1. The van der Waals surface area contributed by atoms with Gasteiger partial charge in [0.1, 0.15) is 5.82 Å². The monoisotopic (exact) mass is 301 g/mol. The first kappa shape index (κ1) is 15.4. The molecule has 2 rings (SSSR count). The van der Waals surface area contributed by atoms with Crippen molar-refractivity contribution in [2.75, 3.05) is 39.3 Å². The molecule has 0 radical (unpaired) electrons. The lowest BCUT2D eigenvalue weighted by atomic mass is 10.3. The Bertz CT molecular complexity index is 513. The van der Waals surface area contributed by atoms with Gasteiger partial charge in [0.05, 0.1) is 4.90 Å². The fourth-order valence-electron chi connectivity index (χ4n) is 2.14. The average molecular weight is 301 g/mol. The summed E-state index contributed by atoms with van der Waals surface area (Å²) in [5, 5.41) is 3.27. The van der Waals surface area contributed by atoms with Crippen LogP contribution in [0.4, 0.5) is 4.39 Å². The molecular weight excluding hydrogens is 281 g/mol. The topological polar surface area (TPSA) is 61.4 Å². The minimum Gasteiger partial charge on any atom is -0.314 e. The van der Waals surface area contributed by atoms with E-state index in [1.54, 1.807) is 0 Å². The van der Waals surface area contributed by atoms with Gasteiger partial charge in [-0.25, -0.2) is 17.5 Å². The number of piperazine rings is 1. The molecule has 0 unspecified atom stereocenters. The third-order valence-electron chi connectivity index (χ3n) is 3.28. The molecule has 0 aliphatic carbocycles. The van der Waals surface area contributed by atoms with Crippen LogP contribution in [0.2, 0.25) is 0 Å². The van der Waals surface area contributed by atoms with Gasteiger partial charge < -0.3 is 10.2 Å². The Morgan fingerprint density at radius 1 is 1.20 bits per heavy atom. The summed E-state index contributed by atoms with van der Waals surface area (Å²) in [6.07, 6.45) is 0.764. The number of rotatable bonds is 6. The van der Waals surface area contributed by atoms with Crippen molar-refractivity contribution < 1.29 is 12.8 Å². The quantitative estimate of drug-likeness (QED) is 0.747. The van der Waals surface area contributed by atoms with E-state index >= 15 is 0 Å². The van der Waals surface area contributed by atoms with Gasteiger partial charge in [0.25, 0.3) is 0 Å². The smallest absolute Gasteiger partial charge is 0.240 e. The molecule has 0 bridgehead atoms. The summed E-state index contributed by atoms with van der Waals surface area (Å²) < 4.78 is 39.2. The van der Waals surface area contributed by atoms with Crippen LogP contribution in [0.3, 0.4) is 0 Å². The standard InChI is InChI=1S/C13H20FN3O2S/c14-12-2-4-13(5-3-12)20(18,19)16-6-1-9-17-10-7-15-8-11-17/h2-5,15-16H,1,6-11H2. The first-order valence-electron chi connectivity index (χ1n) is 6.76. The van der Waals surface area contributed by atoms with Crippen LogP contribution in [0.15, 0.2) is 29.2 Å². The molecule has 0 atom stereocenters. The molecule has 1 aliphatic heterocycles. The van der Waals surface area contributed by atoms with Gasteiger partial charge >= 0.3 is 0 Å². The Balaban J connectivity index is 1.76. The van der Waals surface area contributed by atoms with Crippen molar-refractivity contribution in [2.24, 2.45) is 0 Å². The lowest BCUT2D eigenvalue weighted by Gasteiger charge is -2.27. The van der Waals surface area contributed by atoms with E-state index in [9.17, 15) is 12.8 Å². The van der Waals surface area contributed by atoms with Crippen LogP contribution < -0.4 is 10.0 Å². The highest BCUT2D eigenvalue weighted by atomic mass is 32.2. The van der Waals surface area contributed by atoms with Crippen molar-refractivity contribution in [1.29, 1.82) is 0 Å². The largest absolute Gasteiger partial charge is 0.314 e. The summed E-state index contributed by atoms with van der Waals surface area (Å²) in [4.78, 5) is 2.41. The molecule has 2 N–H and O–H groups in total. The second-order valence-electron chi connectivity index (χ2n) is 4.80. The summed E-state index contributed by atoms with van der Waals surface area (Å²) in [6.45, 7) is 5.26. The minimum absolute atomic E-state index is 0.0982. The van der Waals surface area contributed by atoms with E-state index in [0.29, 0.717) is 6.54 Å². The maximum atomic E-state index is 12.8. The molecule has 0 aromatic heterocycles. The molecule has 1 aliphatic rings. The summed E-state index contributed by atoms with van der Waals surface area (Å²) in [5.74, 6) is -0.442.